The molecule has 3 aliphatic rings. The first kappa shape index (κ1) is 33.3. The number of hydrogen-bond acceptors (Lipinski definition) is 6. The van der Waals surface area contributed by atoms with E-state index in [1.807, 2.05) is 22.7 Å². The second-order valence-electron chi connectivity index (χ2n) is 15.3. The Morgan fingerprint density at radius 1 is 0.456 bits per heavy atom. The molecule has 1 saturated heterocycles. The van der Waals surface area contributed by atoms with Gasteiger partial charge in [-0.2, -0.15) is 0 Å². The molecule has 1 fully saturated rings. The van der Waals surface area contributed by atoms with Crippen LogP contribution in [0.5, 0.6) is 0 Å². The normalized spacial score (nSPS) is 21.5. The molecule has 9 aromatic rings. The highest BCUT2D eigenvalue weighted by Crippen LogP contribution is 2.50. The molecule has 274 valence electrons. The van der Waals surface area contributed by atoms with E-state index in [1.54, 1.807) is 0 Å². The first-order valence-electron chi connectivity index (χ1n) is 19.8. The second kappa shape index (κ2) is 13.4. The molecule has 4 atom stereocenters. The Bertz CT molecular complexity index is 3010. The zero-order chi connectivity index (χ0) is 37.5. The number of para-hydroxylation sites is 1. The van der Waals surface area contributed by atoms with Gasteiger partial charge in [0.2, 0.25) is 0 Å². The van der Waals surface area contributed by atoms with Crippen molar-refractivity contribution < 1.29 is 0 Å². The van der Waals surface area contributed by atoms with Gasteiger partial charge in [-0.15, -0.1) is 22.7 Å². The van der Waals surface area contributed by atoms with Crippen molar-refractivity contribution in [3.63, 3.8) is 0 Å². The fourth-order valence-electron chi connectivity index (χ4n) is 9.57. The van der Waals surface area contributed by atoms with E-state index in [4.69, 9.17) is 0 Å². The summed E-state index contributed by atoms with van der Waals surface area (Å²) in [4.78, 5) is 2.54. The first-order valence-corrected chi connectivity index (χ1v) is 21.4. The zero-order valence-electron chi connectivity index (χ0n) is 31.0. The summed E-state index contributed by atoms with van der Waals surface area (Å²) in [5.74, 6) is 0.368. The summed E-state index contributed by atoms with van der Waals surface area (Å²) in [5.41, 5.74) is 10.2. The lowest BCUT2D eigenvalue weighted by atomic mass is 9.91. The number of nitrogens with zero attached hydrogens (tertiary/aromatic N) is 1. The lowest BCUT2D eigenvalue weighted by Crippen LogP contribution is -2.54. The summed E-state index contributed by atoms with van der Waals surface area (Å²) >= 11 is 3.82. The monoisotopic (exact) mass is 770 g/mol. The second-order valence-corrected chi connectivity index (χ2v) is 17.4. The molecule has 1 aliphatic carbocycles. The topological polar surface area (TPSA) is 39.3 Å². The van der Waals surface area contributed by atoms with Crippen LogP contribution in [0, 0.1) is 0 Å². The number of rotatable bonds is 5. The van der Waals surface area contributed by atoms with Gasteiger partial charge in [0, 0.05) is 68.8 Å². The molecule has 2 aliphatic heterocycles. The van der Waals surface area contributed by atoms with Gasteiger partial charge < -0.3 is 4.90 Å². The van der Waals surface area contributed by atoms with Crippen LogP contribution in [-0.4, -0.2) is 6.04 Å². The molecule has 4 heterocycles. The largest absolute Gasteiger partial charge is 0.333 e. The van der Waals surface area contributed by atoms with Crippen molar-refractivity contribution in [1.29, 1.82) is 0 Å². The molecule has 2 aromatic heterocycles. The number of thiophene rings is 2. The molecule has 4 nitrogen and oxygen atoms in total. The van der Waals surface area contributed by atoms with Gasteiger partial charge in [-0.1, -0.05) is 152 Å². The smallest absolute Gasteiger partial charge is 0.0871 e. The van der Waals surface area contributed by atoms with Crippen LogP contribution in [0.3, 0.4) is 0 Å². The maximum absolute atomic E-state index is 3.94. The van der Waals surface area contributed by atoms with Crippen LogP contribution in [0.15, 0.2) is 182 Å². The van der Waals surface area contributed by atoms with Crippen LogP contribution in [0.1, 0.15) is 46.7 Å². The van der Waals surface area contributed by atoms with Crippen molar-refractivity contribution in [2.45, 2.75) is 30.5 Å². The standard InChI is InChI=1S/C51H38N4S2/c1-3-14-31(15-4-1)49-52-50(32-16-5-2-6-17-32)54-51(53-49)40-24-13-27-45-46(40)39-23-12-21-37(48(39)57-45)36-20-11-22-38-41-30-33(28-29-44(41)56-47(36)38)55-42-25-9-7-18-34(42)35-19-8-10-26-43(35)55/h1-30,34,42,49-54H. The van der Waals surface area contributed by atoms with Gasteiger partial charge in [-0.25, -0.2) is 0 Å². The maximum Gasteiger partial charge on any atom is 0.0871 e. The van der Waals surface area contributed by atoms with Gasteiger partial charge in [-0.05, 0) is 52.6 Å². The highest BCUT2D eigenvalue weighted by molar-refractivity contribution is 7.27. The molecule has 0 spiro atoms. The van der Waals surface area contributed by atoms with E-state index in [9.17, 15) is 0 Å². The lowest BCUT2D eigenvalue weighted by Gasteiger charge is -2.40. The van der Waals surface area contributed by atoms with Crippen molar-refractivity contribution in [1.82, 2.24) is 16.0 Å². The summed E-state index contributed by atoms with van der Waals surface area (Å²) in [6.45, 7) is 0. The molecule has 0 amide bonds. The summed E-state index contributed by atoms with van der Waals surface area (Å²) < 4.78 is 5.29. The molecule has 0 radical (unpaired) electrons. The van der Waals surface area contributed by atoms with Crippen LogP contribution in [0.4, 0.5) is 11.4 Å². The summed E-state index contributed by atoms with van der Waals surface area (Å²) in [6, 6.07) is 58.3. The zero-order valence-corrected chi connectivity index (χ0v) is 32.6. The maximum atomic E-state index is 3.94. The van der Waals surface area contributed by atoms with Crippen molar-refractivity contribution in [3.05, 3.63) is 204 Å². The van der Waals surface area contributed by atoms with Gasteiger partial charge >= 0.3 is 0 Å². The van der Waals surface area contributed by atoms with E-state index >= 15 is 0 Å². The van der Waals surface area contributed by atoms with Crippen molar-refractivity contribution in [3.8, 4) is 11.1 Å². The Morgan fingerprint density at radius 2 is 1.07 bits per heavy atom. The van der Waals surface area contributed by atoms with Crippen molar-refractivity contribution in [2.24, 2.45) is 0 Å². The molecule has 0 bridgehead atoms. The number of fused-ring (bicyclic) bond motifs is 9. The summed E-state index contributed by atoms with van der Waals surface area (Å²) in [6.07, 6.45) is 8.98. The SMILES string of the molecule is C1=CC2c3ccccc3N(c3ccc4sc5c(-c6cccc7c6sc6cccc(C8NC(c9ccccc9)NC(c9ccccc9)N8)c67)cccc5c4c3)C2C=C1. The molecule has 0 saturated carbocycles. The predicted octanol–water partition coefficient (Wildman–Crippen LogP) is 13.0. The predicted molar refractivity (Wildman–Crippen MR) is 242 cm³/mol. The third-order valence-corrected chi connectivity index (χ3v) is 14.6. The van der Waals surface area contributed by atoms with Gasteiger partial charge in [0.05, 0.1) is 24.5 Å². The molecule has 12 rings (SSSR count). The van der Waals surface area contributed by atoms with Crippen molar-refractivity contribution >= 4 is 74.4 Å². The highest BCUT2D eigenvalue weighted by atomic mass is 32.1. The molecule has 6 heteroatoms. The molecule has 3 N–H and O–H groups in total. The minimum absolute atomic E-state index is 0.0259. The van der Waals surface area contributed by atoms with Crippen LogP contribution in [0.25, 0.3) is 51.5 Å². The molecule has 7 aromatic carbocycles. The summed E-state index contributed by atoms with van der Waals surface area (Å²) in [5, 5.41) is 17.0. The first-order chi connectivity index (χ1) is 28.3. The quantitative estimate of drug-likeness (QED) is 0.163. The number of nitrogens with one attached hydrogen (secondary N) is 3. The van der Waals surface area contributed by atoms with E-state index in [1.165, 1.54) is 85.1 Å². The van der Waals surface area contributed by atoms with Gasteiger partial charge in [-0.3, -0.25) is 16.0 Å². The van der Waals surface area contributed by atoms with Gasteiger partial charge in [0.1, 0.15) is 0 Å². The minimum atomic E-state index is -0.0787. The molecule has 4 unspecified atom stereocenters. The highest BCUT2D eigenvalue weighted by Gasteiger charge is 2.37. The Hall–Kier alpha value is -5.86. The Balaban J connectivity index is 0.969. The van der Waals surface area contributed by atoms with Crippen LogP contribution in [0.2, 0.25) is 0 Å². The Morgan fingerprint density at radius 3 is 1.84 bits per heavy atom. The van der Waals surface area contributed by atoms with E-state index in [-0.39, 0.29) is 24.5 Å². The van der Waals surface area contributed by atoms with E-state index in [0.29, 0.717) is 5.92 Å². The number of allylic oxidation sites excluding steroid dienone is 2. The fraction of sp³-hybridized carbons (Fsp3) is 0.0980. The van der Waals surface area contributed by atoms with Gasteiger partial charge in [0.15, 0.2) is 0 Å². The van der Waals surface area contributed by atoms with Gasteiger partial charge in [0.25, 0.3) is 0 Å². The molecule has 57 heavy (non-hydrogen) atoms. The van der Waals surface area contributed by atoms with Crippen LogP contribution >= 0.6 is 22.7 Å². The third kappa shape index (κ3) is 5.37. The van der Waals surface area contributed by atoms with E-state index in [2.05, 4.69) is 203 Å². The van der Waals surface area contributed by atoms with E-state index < -0.39 is 0 Å². The Kier molecular flexibility index (Phi) is 7.81. The number of anilines is 2. The average molecular weight is 771 g/mol. The molecular weight excluding hydrogens is 733 g/mol. The average Bonchev–Trinajstić information content (AvgIpc) is 3.96. The lowest BCUT2D eigenvalue weighted by molar-refractivity contribution is 0.204. The molecular formula is C51H38N4S2. The Labute approximate surface area is 339 Å². The summed E-state index contributed by atoms with van der Waals surface area (Å²) in [7, 11) is 0. The van der Waals surface area contributed by atoms with E-state index in [0.717, 1.165) is 0 Å². The van der Waals surface area contributed by atoms with Crippen LogP contribution in [-0.2, 0) is 0 Å². The fourth-order valence-corrected chi connectivity index (χ4v) is 12.0. The number of hydrogen-bond donors (Lipinski definition) is 3. The van der Waals surface area contributed by atoms with Crippen molar-refractivity contribution in [2.75, 3.05) is 4.90 Å². The minimum Gasteiger partial charge on any atom is -0.333 e. The third-order valence-electron chi connectivity index (χ3n) is 12.1. The van der Waals surface area contributed by atoms with Crippen LogP contribution < -0.4 is 20.9 Å². The number of benzene rings is 7.